The summed E-state index contributed by atoms with van der Waals surface area (Å²) in [6.07, 6.45) is 3.93. The van der Waals surface area contributed by atoms with Gasteiger partial charge in [0.2, 0.25) is 0 Å². The molecule has 4 aromatic rings. The van der Waals surface area contributed by atoms with Gasteiger partial charge in [-0.2, -0.15) is 0 Å². The van der Waals surface area contributed by atoms with Crippen LogP contribution in [0.4, 0.5) is 0 Å². The van der Waals surface area contributed by atoms with Crippen LogP contribution in [0.5, 0.6) is 5.75 Å². The molecule has 0 aliphatic rings. The Labute approximate surface area is 144 Å². The lowest BCUT2D eigenvalue weighted by Gasteiger charge is -2.06. The highest BCUT2D eigenvalue weighted by molar-refractivity contribution is 6.09. The Morgan fingerprint density at radius 3 is 2.52 bits per heavy atom. The lowest BCUT2D eigenvalue weighted by atomic mass is 10.0. The minimum absolute atomic E-state index is 0.350. The minimum Gasteiger partial charge on any atom is -0.497 e. The van der Waals surface area contributed by atoms with Gasteiger partial charge in [0.1, 0.15) is 11.3 Å². The standard InChI is InChI=1S/C22H16O3/c1-24-18-11-7-15(8-12-18)6-9-17-14-21(23)25-20-13-10-16-4-2-3-5-19(16)22(17)20/h2-14H,1H3/b9-6+. The summed E-state index contributed by atoms with van der Waals surface area (Å²) in [6, 6.07) is 21.2. The molecule has 4 rings (SSSR count). The monoisotopic (exact) mass is 328 g/mol. The lowest BCUT2D eigenvalue weighted by molar-refractivity contribution is 0.415. The first kappa shape index (κ1) is 15.2. The van der Waals surface area contributed by atoms with Gasteiger partial charge in [-0.05, 0) is 40.1 Å². The number of methoxy groups -OCH3 is 1. The van der Waals surface area contributed by atoms with Crippen molar-refractivity contribution in [2.45, 2.75) is 0 Å². The fourth-order valence-corrected chi connectivity index (χ4v) is 3.00. The van der Waals surface area contributed by atoms with Crippen LogP contribution in [-0.4, -0.2) is 7.11 Å². The van der Waals surface area contributed by atoms with E-state index in [4.69, 9.17) is 9.15 Å². The maximum atomic E-state index is 11.9. The van der Waals surface area contributed by atoms with Crippen molar-refractivity contribution in [1.29, 1.82) is 0 Å². The maximum Gasteiger partial charge on any atom is 0.336 e. The van der Waals surface area contributed by atoms with Gasteiger partial charge in [-0.25, -0.2) is 4.79 Å². The molecule has 0 aliphatic heterocycles. The number of rotatable bonds is 3. The molecule has 3 nitrogen and oxygen atoms in total. The molecule has 0 fully saturated rings. The fraction of sp³-hybridized carbons (Fsp3) is 0.0455. The van der Waals surface area contributed by atoms with Crippen LogP contribution in [0.15, 0.2) is 75.9 Å². The molecule has 0 aliphatic carbocycles. The van der Waals surface area contributed by atoms with Gasteiger partial charge in [0.25, 0.3) is 0 Å². The Kier molecular flexibility index (Phi) is 3.82. The summed E-state index contributed by atoms with van der Waals surface area (Å²) in [7, 11) is 1.64. The van der Waals surface area contributed by atoms with E-state index in [-0.39, 0.29) is 5.63 Å². The third kappa shape index (κ3) is 2.92. The molecule has 0 saturated carbocycles. The van der Waals surface area contributed by atoms with E-state index in [1.54, 1.807) is 7.11 Å². The van der Waals surface area contributed by atoms with E-state index in [0.29, 0.717) is 5.58 Å². The van der Waals surface area contributed by atoms with Gasteiger partial charge in [-0.3, -0.25) is 0 Å². The zero-order chi connectivity index (χ0) is 17.2. The molecular weight excluding hydrogens is 312 g/mol. The van der Waals surface area contributed by atoms with Crippen LogP contribution in [0.3, 0.4) is 0 Å². The van der Waals surface area contributed by atoms with E-state index in [2.05, 4.69) is 6.07 Å². The first-order valence-corrected chi connectivity index (χ1v) is 8.02. The predicted octanol–water partition coefficient (Wildman–Crippen LogP) is 5.13. The Morgan fingerprint density at radius 2 is 1.72 bits per heavy atom. The fourth-order valence-electron chi connectivity index (χ4n) is 3.00. The summed E-state index contributed by atoms with van der Waals surface area (Å²) in [5.74, 6) is 0.814. The molecule has 0 radical (unpaired) electrons. The molecule has 3 heteroatoms. The summed E-state index contributed by atoms with van der Waals surface area (Å²) in [6.45, 7) is 0. The van der Waals surface area contributed by atoms with Crippen LogP contribution in [0, 0.1) is 0 Å². The topological polar surface area (TPSA) is 39.4 Å². The zero-order valence-corrected chi connectivity index (χ0v) is 13.7. The van der Waals surface area contributed by atoms with E-state index >= 15 is 0 Å². The molecule has 25 heavy (non-hydrogen) atoms. The third-order valence-corrected chi connectivity index (χ3v) is 4.23. The van der Waals surface area contributed by atoms with Gasteiger partial charge in [0, 0.05) is 11.5 Å². The molecular formula is C22H16O3. The SMILES string of the molecule is COc1ccc(/C=C/c2cc(=O)oc3ccc4ccccc4c23)cc1. The Balaban J connectivity index is 1.89. The summed E-state index contributed by atoms with van der Waals surface area (Å²) in [5, 5.41) is 3.13. The van der Waals surface area contributed by atoms with Crippen molar-refractivity contribution in [2.75, 3.05) is 7.11 Å². The van der Waals surface area contributed by atoms with Gasteiger partial charge < -0.3 is 9.15 Å². The number of hydrogen-bond donors (Lipinski definition) is 0. The molecule has 0 saturated heterocycles. The largest absolute Gasteiger partial charge is 0.497 e. The van der Waals surface area contributed by atoms with Crippen molar-refractivity contribution in [2.24, 2.45) is 0 Å². The van der Waals surface area contributed by atoms with Crippen LogP contribution < -0.4 is 10.4 Å². The molecule has 0 amide bonds. The highest BCUT2D eigenvalue weighted by Crippen LogP contribution is 2.28. The van der Waals surface area contributed by atoms with E-state index in [0.717, 1.165) is 33.0 Å². The van der Waals surface area contributed by atoms with Crippen LogP contribution >= 0.6 is 0 Å². The lowest BCUT2D eigenvalue weighted by Crippen LogP contribution is -1.98. The highest BCUT2D eigenvalue weighted by Gasteiger charge is 2.07. The van der Waals surface area contributed by atoms with Crippen LogP contribution in [0.2, 0.25) is 0 Å². The van der Waals surface area contributed by atoms with E-state index in [9.17, 15) is 4.79 Å². The van der Waals surface area contributed by atoms with Gasteiger partial charge >= 0.3 is 5.63 Å². The Morgan fingerprint density at radius 1 is 0.920 bits per heavy atom. The number of ether oxygens (including phenoxy) is 1. The maximum absolute atomic E-state index is 11.9. The van der Waals surface area contributed by atoms with E-state index in [1.807, 2.05) is 66.7 Å². The molecule has 122 valence electrons. The minimum atomic E-state index is -0.350. The first-order chi connectivity index (χ1) is 12.2. The molecule has 0 bridgehead atoms. The van der Waals surface area contributed by atoms with Gasteiger partial charge in [0.15, 0.2) is 0 Å². The zero-order valence-electron chi connectivity index (χ0n) is 13.7. The second-order valence-corrected chi connectivity index (χ2v) is 5.79. The Bertz CT molecular complexity index is 1140. The molecule has 0 spiro atoms. The predicted molar refractivity (Wildman–Crippen MR) is 102 cm³/mol. The first-order valence-electron chi connectivity index (χ1n) is 8.02. The van der Waals surface area contributed by atoms with Crippen LogP contribution in [0.1, 0.15) is 11.1 Å². The molecule has 1 aromatic heterocycles. The average molecular weight is 328 g/mol. The number of fused-ring (bicyclic) bond motifs is 3. The number of benzene rings is 3. The van der Waals surface area contributed by atoms with Crippen molar-refractivity contribution >= 4 is 33.9 Å². The summed E-state index contributed by atoms with van der Waals surface area (Å²) in [4.78, 5) is 11.9. The van der Waals surface area contributed by atoms with Crippen molar-refractivity contribution in [3.63, 3.8) is 0 Å². The van der Waals surface area contributed by atoms with Crippen molar-refractivity contribution < 1.29 is 9.15 Å². The van der Waals surface area contributed by atoms with E-state index < -0.39 is 0 Å². The van der Waals surface area contributed by atoms with Crippen molar-refractivity contribution in [3.05, 3.63) is 88.3 Å². The van der Waals surface area contributed by atoms with Crippen LogP contribution in [0.25, 0.3) is 33.9 Å². The quantitative estimate of drug-likeness (QED) is 0.387. The summed E-state index contributed by atoms with van der Waals surface area (Å²) >= 11 is 0. The summed E-state index contributed by atoms with van der Waals surface area (Å²) < 4.78 is 10.6. The second kappa shape index (κ2) is 6.29. The van der Waals surface area contributed by atoms with Gasteiger partial charge in [-0.1, -0.05) is 54.6 Å². The molecule has 0 N–H and O–H groups in total. The van der Waals surface area contributed by atoms with Crippen LogP contribution in [-0.2, 0) is 0 Å². The van der Waals surface area contributed by atoms with Crippen molar-refractivity contribution in [1.82, 2.24) is 0 Å². The highest BCUT2D eigenvalue weighted by atomic mass is 16.5. The smallest absolute Gasteiger partial charge is 0.336 e. The molecule has 3 aromatic carbocycles. The second-order valence-electron chi connectivity index (χ2n) is 5.79. The third-order valence-electron chi connectivity index (χ3n) is 4.23. The Hall–Kier alpha value is -3.33. The molecule has 1 heterocycles. The average Bonchev–Trinajstić information content (AvgIpc) is 2.66. The van der Waals surface area contributed by atoms with Gasteiger partial charge in [-0.15, -0.1) is 0 Å². The summed E-state index contributed by atoms with van der Waals surface area (Å²) in [5.41, 5.74) is 2.12. The molecule has 0 unspecified atom stereocenters. The van der Waals surface area contributed by atoms with E-state index in [1.165, 1.54) is 6.07 Å². The normalized spacial score (nSPS) is 11.4. The van der Waals surface area contributed by atoms with Gasteiger partial charge in [0.05, 0.1) is 7.11 Å². The number of hydrogen-bond acceptors (Lipinski definition) is 3. The molecule has 0 atom stereocenters. The van der Waals surface area contributed by atoms with Crippen molar-refractivity contribution in [3.8, 4) is 5.75 Å².